The zero-order chi connectivity index (χ0) is 13.0. The number of amides is 1. The topological polar surface area (TPSA) is 62.2 Å². The monoisotopic (exact) mass is 260 g/mol. The molecule has 0 radical (unpaired) electrons. The van der Waals surface area contributed by atoms with Gasteiger partial charge in [0, 0.05) is 11.9 Å². The van der Waals surface area contributed by atoms with Gasteiger partial charge in [0.15, 0.2) is 0 Å². The van der Waals surface area contributed by atoms with E-state index in [0.29, 0.717) is 16.3 Å². The number of carbonyl (C=O) groups is 1. The number of aromatic nitrogens is 1. The fourth-order valence-corrected chi connectivity index (χ4v) is 2.02. The molecule has 0 fully saturated rings. The van der Waals surface area contributed by atoms with E-state index in [-0.39, 0.29) is 11.7 Å². The fourth-order valence-electron chi connectivity index (χ4n) is 1.47. The zero-order valence-corrected chi connectivity index (χ0v) is 10.6. The summed E-state index contributed by atoms with van der Waals surface area (Å²) in [5.41, 5.74) is 1.17. The average Bonchev–Trinajstić information content (AvgIpc) is 2.41. The Morgan fingerprint density at radius 2 is 2.00 bits per heavy atom. The second-order valence-corrected chi connectivity index (χ2v) is 4.36. The summed E-state index contributed by atoms with van der Waals surface area (Å²) in [5, 5.41) is 12.6. The molecule has 2 N–H and O–H groups in total. The van der Waals surface area contributed by atoms with Crippen LogP contribution in [0.3, 0.4) is 0 Å². The predicted molar refractivity (Wildman–Crippen MR) is 72.1 cm³/mol. The van der Waals surface area contributed by atoms with Crippen LogP contribution < -0.4 is 5.32 Å². The molecule has 0 aliphatic carbocycles. The molecule has 2 aromatic rings. The van der Waals surface area contributed by atoms with Crippen LogP contribution in [-0.4, -0.2) is 22.3 Å². The summed E-state index contributed by atoms with van der Waals surface area (Å²) in [6.07, 6.45) is 3.53. The number of aromatic hydroxyl groups is 1. The number of carbonyl (C=O) groups excluding carboxylic acids is 1. The maximum absolute atomic E-state index is 12.1. The van der Waals surface area contributed by atoms with Crippen molar-refractivity contribution in [3.8, 4) is 5.75 Å². The SMILES string of the molecule is CSc1ncccc1C(=O)Nc1ccc(O)cc1. The molecule has 0 atom stereocenters. The van der Waals surface area contributed by atoms with Gasteiger partial charge < -0.3 is 10.4 Å². The minimum Gasteiger partial charge on any atom is -0.508 e. The Morgan fingerprint density at radius 3 is 2.67 bits per heavy atom. The molecule has 1 heterocycles. The Kier molecular flexibility index (Phi) is 3.84. The Hall–Kier alpha value is -2.01. The lowest BCUT2D eigenvalue weighted by molar-refractivity contribution is 0.102. The predicted octanol–water partition coefficient (Wildman–Crippen LogP) is 2.76. The highest BCUT2D eigenvalue weighted by molar-refractivity contribution is 7.98. The van der Waals surface area contributed by atoms with Gasteiger partial charge in [-0.05, 0) is 42.7 Å². The number of hydrogen-bond acceptors (Lipinski definition) is 4. The molecule has 1 aromatic heterocycles. The van der Waals surface area contributed by atoms with Crippen LogP contribution in [0.2, 0.25) is 0 Å². The third-order valence-electron chi connectivity index (χ3n) is 2.33. The number of phenols is 1. The first-order chi connectivity index (χ1) is 8.70. The van der Waals surface area contributed by atoms with Crippen molar-refractivity contribution >= 4 is 23.4 Å². The van der Waals surface area contributed by atoms with Gasteiger partial charge in [-0.2, -0.15) is 0 Å². The molecule has 5 heteroatoms. The number of benzene rings is 1. The van der Waals surface area contributed by atoms with Crippen LogP contribution in [0.4, 0.5) is 5.69 Å². The summed E-state index contributed by atoms with van der Waals surface area (Å²) in [4.78, 5) is 16.2. The van der Waals surface area contributed by atoms with Crippen LogP contribution >= 0.6 is 11.8 Å². The minimum atomic E-state index is -0.210. The Balaban J connectivity index is 2.19. The van der Waals surface area contributed by atoms with Gasteiger partial charge in [0.25, 0.3) is 5.91 Å². The van der Waals surface area contributed by atoms with Crippen molar-refractivity contribution in [3.63, 3.8) is 0 Å². The lowest BCUT2D eigenvalue weighted by atomic mass is 10.2. The highest BCUT2D eigenvalue weighted by Gasteiger charge is 2.11. The van der Waals surface area contributed by atoms with E-state index in [1.54, 1.807) is 30.5 Å². The molecule has 0 unspecified atom stereocenters. The lowest BCUT2D eigenvalue weighted by Gasteiger charge is -2.07. The van der Waals surface area contributed by atoms with E-state index >= 15 is 0 Å². The number of thioether (sulfide) groups is 1. The first kappa shape index (κ1) is 12.4. The summed E-state index contributed by atoms with van der Waals surface area (Å²) in [6, 6.07) is 9.79. The number of hydrogen-bond donors (Lipinski definition) is 2. The van der Waals surface area contributed by atoms with E-state index in [2.05, 4.69) is 10.3 Å². The van der Waals surface area contributed by atoms with E-state index in [1.807, 2.05) is 6.26 Å². The zero-order valence-electron chi connectivity index (χ0n) is 9.75. The maximum atomic E-state index is 12.1. The van der Waals surface area contributed by atoms with Crippen molar-refractivity contribution in [2.24, 2.45) is 0 Å². The third-order valence-corrected chi connectivity index (χ3v) is 3.05. The van der Waals surface area contributed by atoms with Gasteiger partial charge in [0.05, 0.1) is 5.56 Å². The van der Waals surface area contributed by atoms with Crippen LogP contribution in [0.25, 0.3) is 0 Å². The molecule has 2 rings (SSSR count). The van der Waals surface area contributed by atoms with Gasteiger partial charge in [-0.3, -0.25) is 4.79 Å². The number of nitrogens with zero attached hydrogens (tertiary/aromatic N) is 1. The smallest absolute Gasteiger partial charge is 0.258 e. The van der Waals surface area contributed by atoms with E-state index in [9.17, 15) is 4.79 Å². The van der Waals surface area contributed by atoms with Crippen LogP contribution in [-0.2, 0) is 0 Å². The highest BCUT2D eigenvalue weighted by atomic mass is 32.2. The largest absolute Gasteiger partial charge is 0.508 e. The highest BCUT2D eigenvalue weighted by Crippen LogP contribution is 2.19. The molecule has 4 nitrogen and oxygen atoms in total. The maximum Gasteiger partial charge on any atom is 0.258 e. The summed E-state index contributed by atoms with van der Waals surface area (Å²) in [7, 11) is 0. The first-order valence-electron chi connectivity index (χ1n) is 5.30. The summed E-state index contributed by atoms with van der Waals surface area (Å²) >= 11 is 1.42. The van der Waals surface area contributed by atoms with Gasteiger partial charge in [0.1, 0.15) is 10.8 Å². The molecule has 18 heavy (non-hydrogen) atoms. The third kappa shape index (κ3) is 2.81. The van der Waals surface area contributed by atoms with Crippen molar-refractivity contribution in [2.75, 3.05) is 11.6 Å². The van der Waals surface area contributed by atoms with Gasteiger partial charge in [0.2, 0.25) is 0 Å². The number of anilines is 1. The van der Waals surface area contributed by atoms with Crippen LogP contribution in [0.1, 0.15) is 10.4 Å². The number of phenolic OH excluding ortho intramolecular Hbond substituents is 1. The van der Waals surface area contributed by atoms with Crippen molar-refractivity contribution < 1.29 is 9.90 Å². The first-order valence-corrected chi connectivity index (χ1v) is 6.52. The van der Waals surface area contributed by atoms with Crippen molar-refractivity contribution in [3.05, 3.63) is 48.2 Å². The molecule has 1 aromatic carbocycles. The van der Waals surface area contributed by atoms with Gasteiger partial charge in [-0.25, -0.2) is 4.98 Å². The Morgan fingerprint density at radius 1 is 1.28 bits per heavy atom. The normalized spacial score (nSPS) is 10.1. The molecule has 0 saturated heterocycles. The number of nitrogens with one attached hydrogen (secondary N) is 1. The van der Waals surface area contributed by atoms with Gasteiger partial charge in [-0.15, -0.1) is 11.8 Å². The number of pyridine rings is 1. The molecule has 0 saturated carbocycles. The summed E-state index contributed by atoms with van der Waals surface area (Å²) in [5.74, 6) is -0.0441. The second kappa shape index (κ2) is 5.55. The van der Waals surface area contributed by atoms with Crippen LogP contribution in [0.5, 0.6) is 5.75 Å². The van der Waals surface area contributed by atoms with Crippen molar-refractivity contribution in [2.45, 2.75) is 5.03 Å². The van der Waals surface area contributed by atoms with Gasteiger partial charge in [-0.1, -0.05) is 0 Å². The van der Waals surface area contributed by atoms with E-state index in [1.165, 1.54) is 23.9 Å². The van der Waals surface area contributed by atoms with E-state index < -0.39 is 0 Å². The molecule has 0 bridgehead atoms. The van der Waals surface area contributed by atoms with Crippen molar-refractivity contribution in [1.29, 1.82) is 0 Å². The van der Waals surface area contributed by atoms with E-state index in [0.717, 1.165) is 0 Å². The Bertz CT molecular complexity index is 555. The summed E-state index contributed by atoms with van der Waals surface area (Å²) in [6.45, 7) is 0. The quantitative estimate of drug-likeness (QED) is 0.658. The fraction of sp³-hybridized carbons (Fsp3) is 0.0769. The van der Waals surface area contributed by atoms with Crippen molar-refractivity contribution in [1.82, 2.24) is 4.98 Å². The minimum absolute atomic E-state index is 0.166. The Labute approximate surface area is 109 Å². The summed E-state index contributed by atoms with van der Waals surface area (Å²) < 4.78 is 0. The second-order valence-electron chi connectivity index (χ2n) is 3.56. The molecule has 1 amide bonds. The molecule has 0 aliphatic heterocycles. The van der Waals surface area contributed by atoms with Gasteiger partial charge >= 0.3 is 0 Å². The molecular weight excluding hydrogens is 248 g/mol. The molecule has 0 spiro atoms. The lowest BCUT2D eigenvalue weighted by Crippen LogP contribution is -2.13. The average molecular weight is 260 g/mol. The number of rotatable bonds is 3. The molecule has 0 aliphatic rings. The van der Waals surface area contributed by atoms with Crippen LogP contribution in [0, 0.1) is 0 Å². The van der Waals surface area contributed by atoms with E-state index in [4.69, 9.17) is 5.11 Å². The standard InChI is InChI=1S/C13H12N2O2S/c1-18-13-11(3-2-8-14-13)12(17)15-9-4-6-10(16)7-5-9/h2-8,16H,1H3,(H,15,17). The molecular formula is C13H12N2O2S. The van der Waals surface area contributed by atoms with Crippen LogP contribution in [0.15, 0.2) is 47.6 Å². The molecule has 92 valence electrons.